The van der Waals surface area contributed by atoms with Gasteiger partial charge in [0.05, 0.1) is 10.9 Å². The second kappa shape index (κ2) is 9.57. The van der Waals surface area contributed by atoms with E-state index in [2.05, 4.69) is 22.8 Å². The molecule has 28 heavy (non-hydrogen) atoms. The first-order valence-electron chi connectivity index (χ1n) is 8.92. The maximum atomic E-state index is 12.5. The highest BCUT2D eigenvalue weighted by molar-refractivity contribution is 7.98. The van der Waals surface area contributed by atoms with E-state index in [1.165, 1.54) is 16.2 Å². The van der Waals surface area contributed by atoms with Crippen LogP contribution in [0.4, 0.5) is 0 Å². The minimum atomic E-state index is -0.115. The lowest BCUT2D eigenvalue weighted by Gasteiger charge is -2.15. The third kappa shape index (κ3) is 5.24. The number of nitrogens with one attached hydrogen (secondary N) is 2. The van der Waals surface area contributed by atoms with Gasteiger partial charge in [-0.1, -0.05) is 30.3 Å². The SMILES string of the molecule is CSc1ccc(C(C)NC(=O)c2ccc(CNC(=O)c3cccs3)cc2)cc1. The molecule has 0 bridgehead atoms. The number of amides is 2. The van der Waals surface area contributed by atoms with Crippen LogP contribution >= 0.6 is 23.1 Å². The van der Waals surface area contributed by atoms with Gasteiger partial charge in [0.15, 0.2) is 0 Å². The summed E-state index contributed by atoms with van der Waals surface area (Å²) in [7, 11) is 0. The maximum absolute atomic E-state index is 12.5. The Labute approximate surface area is 173 Å². The van der Waals surface area contributed by atoms with Gasteiger partial charge in [0.1, 0.15) is 0 Å². The van der Waals surface area contributed by atoms with Gasteiger partial charge < -0.3 is 10.6 Å². The molecule has 4 nitrogen and oxygen atoms in total. The standard InChI is InChI=1S/C22H22N2O2S2/c1-15(17-9-11-19(27-2)12-10-17)24-21(25)18-7-5-16(6-8-18)14-23-22(26)20-4-3-13-28-20/h3-13,15H,14H2,1-2H3,(H,23,26)(H,24,25). The smallest absolute Gasteiger partial charge is 0.261 e. The predicted molar refractivity (Wildman–Crippen MR) is 116 cm³/mol. The summed E-state index contributed by atoms with van der Waals surface area (Å²) < 4.78 is 0. The van der Waals surface area contributed by atoms with E-state index < -0.39 is 0 Å². The van der Waals surface area contributed by atoms with Crippen molar-refractivity contribution in [3.05, 3.63) is 87.6 Å². The van der Waals surface area contributed by atoms with Crippen LogP contribution in [-0.4, -0.2) is 18.1 Å². The summed E-state index contributed by atoms with van der Waals surface area (Å²) >= 11 is 3.11. The van der Waals surface area contributed by atoms with E-state index in [4.69, 9.17) is 0 Å². The first-order chi connectivity index (χ1) is 13.6. The van der Waals surface area contributed by atoms with Crippen LogP contribution in [0.2, 0.25) is 0 Å². The topological polar surface area (TPSA) is 58.2 Å². The molecule has 0 radical (unpaired) electrons. The molecule has 0 saturated carbocycles. The van der Waals surface area contributed by atoms with Crippen LogP contribution in [0.5, 0.6) is 0 Å². The van der Waals surface area contributed by atoms with Crippen molar-refractivity contribution in [3.8, 4) is 0 Å². The molecule has 0 fully saturated rings. The fourth-order valence-electron chi connectivity index (χ4n) is 2.71. The molecule has 0 spiro atoms. The normalized spacial score (nSPS) is 11.6. The van der Waals surface area contributed by atoms with Crippen LogP contribution in [0, 0.1) is 0 Å². The van der Waals surface area contributed by atoms with E-state index in [-0.39, 0.29) is 17.9 Å². The number of thioether (sulfide) groups is 1. The fourth-order valence-corrected chi connectivity index (χ4v) is 3.76. The summed E-state index contributed by atoms with van der Waals surface area (Å²) in [4.78, 5) is 26.4. The van der Waals surface area contributed by atoms with Gasteiger partial charge in [-0.15, -0.1) is 23.1 Å². The summed E-state index contributed by atoms with van der Waals surface area (Å²) in [6, 6.07) is 19.1. The van der Waals surface area contributed by atoms with E-state index in [0.29, 0.717) is 17.0 Å². The van der Waals surface area contributed by atoms with Crippen molar-refractivity contribution in [2.24, 2.45) is 0 Å². The Morgan fingerprint density at radius 2 is 1.71 bits per heavy atom. The molecule has 1 heterocycles. The average Bonchev–Trinajstić information content (AvgIpc) is 3.27. The van der Waals surface area contributed by atoms with Crippen LogP contribution in [0.3, 0.4) is 0 Å². The largest absolute Gasteiger partial charge is 0.347 e. The van der Waals surface area contributed by atoms with Crippen LogP contribution in [0.25, 0.3) is 0 Å². The molecule has 1 aromatic heterocycles. The molecule has 3 aromatic rings. The maximum Gasteiger partial charge on any atom is 0.261 e. The second-order valence-electron chi connectivity index (χ2n) is 6.33. The van der Waals surface area contributed by atoms with Crippen molar-refractivity contribution < 1.29 is 9.59 Å². The highest BCUT2D eigenvalue weighted by Crippen LogP contribution is 2.19. The van der Waals surface area contributed by atoms with Crippen LogP contribution in [0.1, 0.15) is 44.1 Å². The molecule has 2 amide bonds. The summed E-state index contributed by atoms with van der Waals surface area (Å²) in [6.07, 6.45) is 2.04. The van der Waals surface area contributed by atoms with E-state index in [1.54, 1.807) is 30.0 Å². The molecule has 6 heteroatoms. The van der Waals surface area contributed by atoms with Gasteiger partial charge in [0.2, 0.25) is 0 Å². The van der Waals surface area contributed by atoms with Gasteiger partial charge in [-0.05, 0) is 60.0 Å². The molecule has 2 aromatic carbocycles. The van der Waals surface area contributed by atoms with Crippen LogP contribution in [0.15, 0.2) is 70.9 Å². The first kappa shape index (κ1) is 20.2. The number of carbonyl (C=O) groups excluding carboxylic acids is 2. The molecule has 0 aliphatic carbocycles. The van der Waals surface area contributed by atoms with Crippen LogP contribution < -0.4 is 10.6 Å². The van der Waals surface area contributed by atoms with Gasteiger partial charge in [-0.2, -0.15) is 0 Å². The van der Waals surface area contributed by atoms with E-state index in [9.17, 15) is 9.59 Å². The zero-order chi connectivity index (χ0) is 19.9. The second-order valence-corrected chi connectivity index (χ2v) is 8.15. The first-order valence-corrected chi connectivity index (χ1v) is 11.0. The van der Waals surface area contributed by atoms with Crippen molar-refractivity contribution in [1.29, 1.82) is 0 Å². The lowest BCUT2D eigenvalue weighted by Crippen LogP contribution is -2.26. The van der Waals surface area contributed by atoms with Gasteiger partial charge in [0, 0.05) is 17.0 Å². The molecule has 1 unspecified atom stereocenters. The highest BCUT2D eigenvalue weighted by Gasteiger charge is 2.12. The Kier molecular flexibility index (Phi) is 6.90. The monoisotopic (exact) mass is 410 g/mol. The van der Waals surface area contributed by atoms with Crippen molar-refractivity contribution in [3.63, 3.8) is 0 Å². The van der Waals surface area contributed by atoms with E-state index in [1.807, 2.05) is 48.9 Å². The summed E-state index contributed by atoms with van der Waals surface area (Å²) in [5.74, 6) is -0.200. The Bertz CT molecular complexity index is 920. The fraction of sp³-hybridized carbons (Fsp3) is 0.182. The average molecular weight is 411 g/mol. The number of rotatable bonds is 7. The van der Waals surface area contributed by atoms with Crippen LogP contribution in [-0.2, 0) is 6.54 Å². The van der Waals surface area contributed by atoms with Gasteiger partial charge in [-0.25, -0.2) is 0 Å². The highest BCUT2D eigenvalue weighted by atomic mass is 32.2. The molecule has 0 aliphatic rings. The van der Waals surface area contributed by atoms with Gasteiger partial charge in [0.25, 0.3) is 11.8 Å². The number of hydrogen-bond donors (Lipinski definition) is 2. The molecule has 2 N–H and O–H groups in total. The number of hydrogen-bond acceptors (Lipinski definition) is 4. The van der Waals surface area contributed by atoms with Crippen molar-refractivity contribution >= 4 is 34.9 Å². The van der Waals surface area contributed by atoms with E-state index >= 15 is 0 Å². The summed E-state index contributed by atoms with van der Waals surface area (Å²) in [5.41, 5.74) is 2.61. The Hall–Kier alpha value is -2.57. The quantitative estimate of drug-likeness (QED) is 0.545. The van der Waals surface area contributed by atoms with Gasteiger partial charge in [-0.3, -0.25) is 9.59 Å². The van der Waals surface area contributed by atoms with Crippen molar-refractivity contribution in [2.75, 3.05) is 6.26 Å². The molecule has 1 atom stereocenters. The number of benzene rings is 2. The van der Waals surface area contributed by atoms with Crippen molar-refractivity contribution in [2.45, 2.75) is 24.4 Å². The number of thiophene rings is 1. The zero-order valence-corrected chi connectivity index (χ0v) is 17.4. The Morgan fingerprint density at radius 1 is 1.00 bits per heavy atom. The molecule has 0 aliphatic heterocycles. The zero-order valence-electron chi connectivity index (χ0n) is 15.8. The molecular weight excluding hydrogens is 388 g/mol. The Morgan fingerprint density at radius 3 is 2.32 bits per heavy atom. The lowest BCUT2D eigenvalue weighted by atomic mass is 10.1. The minimum absolute atomic E-state index is 0.0758. The molecular formula is C22H22N2O2S2. The number of carbonyl (C=O) groups is 2. The molecule has 0 saturated heterocycles. The minimum Gasteiger partial charge on any atom is -0.347 e. The Balaban J connectivity index is 1.54. The predicted octanol–water partition coefficient (Wildman–Crippen LogP) is 4.89. The molecule has 3 rings (SSSR count). The summed E-state index contributed by atoms with van der Waals surface area (Å²) in [5, 5.41) is 7.78. The lowest BCUT2D eigenvalue weighted by molar-refractivity contribution is 0.0935. The summed E-state index contributed by atoms with van der Waals surface area (Å²) in [6.45, 7) is 2.40. The molecule has 144 valence electrons. The van der Waals surface area contributed by atoms with Crippen molar-refractivity contribution in [1.82, 2.24) is 10.6 Å². The third-order valence-corrected chi connectivity index (χ3v) is 5.99. The van der Waals surface area contributed by atoms with Gasteiger partial charge >= 0.3 is 0 Å². The van der Waals surface area contributed by atoms with E-state index in [0.717, 1.165) is 11.1 Å². The third-order valence-electron chi connectivity index (χ3n) is 4.38.